The summed E-state index contributed by atoms with van der Waals surface area (Å²) in [5, 5.41) is 8.22. The van der Waals surface area contributed by atoms with Gasteiger partial charge in [-0.1, -0.05) is 51.4 Å². The molecular formula is C31H32Br2N6O8. The lowest BCUT2D eigenvalue weighted by molar-refractivity contribution is -0.124. The van der Waals surface area contributed by atoms with Crippen LogP contribution in [0.1, 0.15) is 76.8 Å². The summed E-state index contributed by atoms with van der Waals surface area (Å²) in [4.78, 5) is 71.6. The van der Waals surface area contributed by atoms with Crippen molar-refractivity contribution >= 4 is 79.8 Å². The zero-order valence-corrected chi connectivity index (χ0v) is 28.2. The quantitative estimate of drug-likeness (QED) is 0.170. The average molecular weight is 776 g/mol. The third-order valence-corrected chi connectivity index (χ3v) is 6.96. The third-order valence-electron chi connectivity index (χ3n) is 5.98. The maximum Gasteiger partial charge on any atom is 0.359 e. The number of nitrogens with zero attached hydrogens (tertiary/aromatic N) is 5. The van der Waals surface area contributed by atoms with E-state index < -0.39 is 23.8 Å². The maximum absolute atomic E-state index is 12.2. The fraction of sp³-hybridized carbons (Fsp3) is 0.226. The lowest BCUT2D eigenvalue weighted by Gasteiger charge is -2.19. The smallest absolute Gasteiger partial charge is 0.359 e. The van der Waals surface area contributed by atoms with Crippen molar-refractivity contribution in [2.45, 2.75) is 35.1 Å². The van der Waals surface area contributed by atoms with Crippen LogP contribution in [0.5, 0.6) is 0 Å². The molecule has 0 saturated carbocycles. The SMILES string of the molecule is C.CCOC(=O)c1nn(-c2cccc(Br)c2)c(N(C(C)=O)C(C)=O)c1C=O.CCOC(=O)c1nn(-c2cccc(Br)c2)c(N)c1C=O. The van der Waals surface area contributed by atoms with Crippen LogP contribution in [-0.2, 0) is 19.1 Å². The number of halogens is 2. The van der Waals surface area contributed by atoms with Crippen LogP contribution in [-0.4, -0.2) is 69.1 Å². The Hall–Kier alpha value is -4.96. The van der Waals surface area contributed by atoms with Gasteiger partial charge in [0, 0.05) is 22.8 Å². The van der Waals surface area contributed by atoms with Crippen LogP contribution in [0.25, 0.3) is 11.4 Å². The highest BCUT2D eigenvalue weighted by Gasteiger charge is 2.32. The van der Waals surface area contributed by atoms with Crippen LogP contribution in [0.4, 0.5) is 11.6 Å². The van der Waals surface area contributed by atoms with E-state index in [1.807, 2.05) is 6.07 Å². The molecule has 2 aromatic carbocycles. The number of hydrogen-bond donors (Lipinski definition) is 1. The second-order valence-electron chi connectivity index (χ2n) is 9.07. The first kappa shape index (κ1) is 38.2. The Morgan fingerprint density at radius 3 is 1.62 bits per heavy atom. The normalized spacial score (nSPS) is 10.1. The van der Waals surface area contributed by atoms with Crippen molar-refractivity contribution in [2.24, 2.45) is 0 Å². The molecule has 4 aromatic rings. The van der Waals surface area contributed by atoms with Crippen LogP contribution in [0.15, 0.2) is 57.5 Å². The average Bonchev–Trinajstić information content (AvgIpc) is 3.55. The van der Waals surface area contributed by atoms with Gasteiger partial charge in [-0.3, -0.25) is 19.2 Å². The number of nitrogens with two attached hydrogens (primary N) is 1. The number of nitrogen functional groups attached to an aromatic ring is 1. The highest BCUT2D eigenvalue weighted by Crippen LogP contribution is 2.29. The Morgan fingerprint density at radius 1 is 0.787 bits per heavy atom. The summed E-state index contributed by atoms with van der Waals surface area (Å²) in [5.41, 5.74) is 6.43. The van der Waals surface area contributed by atoms with E-state index in [1.54, 1.807) is 56.3 Å². The molecule has 2 aromatic heterocycles. The molecule has 0 saturated heterocycles. The second-order valence-corrected chi connectivity index (χ2v) is 10.9. The van der Waals surface area contributed by atoms with Gasteiger partial charge in [-0.15, -0.1) is 0 Å². The van der Waals surface area contributed by atoms with Crippen LogP contribution in [0.3, 0.4) is 0 Å². The van der Waals surface area contributed by atoms with Crippen molar-refractivity contribution in [3.05, 3.63) is 80.0 Å². The van der Waals surface area contributed by atoms with Crippen LogP contribution < -0.4 is 10.6 Å². The largest absolute Gasteiger partial charge is 0.461 e. The summed E-state index contributed by atoms with van der Waals surface area (Å²) in [6, 6.07) is 14.0. The van der Waals surface area contributed by atoms with Gasteiger partial charge in [0.25, 0.3) is 0 Å². The molecule has 4 rings (SSSR count). The molecule has 2 amide bonds. The molecule has 2 heterocycles. The number of rotatable bonds is 9. The number of hydrogen-bond acceptors (Lipinski definition) is 11. The predicted molar refractivity (Wildman–Crippen MR) is 180 cm³/mol. The number of carbonyl (C=O) groups excluding carboxylic acids is 6. The van der Waals surface area contributed by atoms with Crippen molar-refractivity contribution in [2.75, 3.05) is 23.8 Å². The molecule has 47 heavy (non-hydrogen) atoms. The van der Waals surface area contributed by atoms with Crippen molar-refractivity contribution in [1.82, 2.24) is 19.6 Å². The van der Waals surface area contributed by atoms with E-state index >= 15 is 0 Å². The second kappa shape index (κ2) is 17.1. The number of imide groups is 1. The molecule has 0 radical (unpaired) electrons. The lowest BCUT2D eigenvalue weighted by Crippen LogP contribution is -2.35. The number of aromatic nitrogens is 4. The van der Waals surface area contributed by atoms with Gasteiger partial charge in [0.1, 0.15) is 5.82 Å². The standard InChI is InChI=1S/C17H16BrN3O5.C13H12BrN3O3.CH4/c1-4-26-17(25)15-14(9-22)16(20(10(2)23)11(3)24)21(19-15)13-7-5-6-12(18)8-13;1-2-20-13(19)11-10(7-18)12(15)17(16-11)9-5-3-4-8(14)6-9;/h5-9H,4H2,1-3H3;3-7H,2,15H2,1H3;1H4. The number of ether oxygens (including phenoxy) is 2. The van der Waals surface area contributed by atoms with E-state index in [4.69, 9.17) is 15.2 Å². The van der Waals surface area contributed by atoms with Crippen LogP contribution in [0.2, 0.25) is 0 Å². The topological polar surface area (TPSA) is 186 Å². The molecule has 0 aliphatic rings. The molecule has 0 aliphatic carbocycles. The molecule has 0 aliphatic heterocycles. The monoisotopic (exact) mass is 774 g/mol. The number of carbonyl (C=O) groups is 6. The molecule has 0 spiro atoms. The van der Waals surface area contributed by atoms with Crippen molar-refractivity contribution in [3.8, 4) is 11.4 Å². The van der Waals surface area contributed by atoms with Crippen molar-refractivity contribution in [1.29, 1.82) is 0 Å². The van der Waals surface area contributed by atoms with E-state index in [9.17, 15) is 28.8 Å². The summed E-state index contributed by atoms with van der Waals surface area (Å²) in [7, 11) is 0. The summed E-state index contributed by atoms with van der Waals surface area (Å²) in [5.74, 6) is -2.74. The van der Waals surface area contributed by atoms with E-state index in [2.05, 4.69) is 42.1 Å². The minimum atomic E-state index is -0.823. The fourth-order valence-electron chi connectivity index (χ4n) is 4.12. The molecule has 16 heteroatoms. The Morgan fingerprint density at radius 2 is 1.21 bits per heavy atom. The summed E-state index contributed by atoms with van der Waals surface area (Å²) >= 11 is 6.66. The summed E-state index contributed by atoms with van der Waals surface area (Å²) in [6.45, 7) is 5.92. The maximum atomic E-state index is 12.2. The minimum absolute atomic E-state index is 0. The van der Waals surface area contributed by atoms with E-state index in [1.165, 1.54) is 23.2 Å². The molecule has 0 bridgehead atoms. The van der Waals surface area contributed by atoms with Crippen LogP contribution >= 0.6 is 31.9 Å². The van der Waals surface area contributed by atoms with Gasteiger partial charge in [0.05, 0.1) is 35.7 Å². The Kier molecular flexibility index (Phi) is 13.9. The molecule has 14 nitrogen and oxygen atoms in total. The van der Waals surface area contributed by atoms with Crippen molar-refractivity contribution < 1.29 is 38.2 Å². The van der Waals surface area contributed by atoms with E-state index in [-0.39, 0.29) is 54.8 Å². The molecule has 248 valence electrons. The summed E-state index contributed by atoms with van der Waals surface area (Å²) < 4.78 is 13.9. The number of amides is 2. The molecule has 2 N–H and O–H groups in total. The molecule has 0 unspecified atom stereocenters. The predicted octanol–water partition coefficient (Wildman–Crippen LogP) is 5.37. The molecular weight excluding hydrogens is 744 g/mol. The van der Waals surface area contributed by atoms with Crippen molar-refractivity contribution in [3.63, 3.8) is 0 Å². The number of aldehydes is 2. The van der Waals surface area contributed by atoms with Gasteiger partial charge in [0.2, 0.25) is 11.8 Å². The summed E-state index contributed by atoms with van der Waals surface area (Å²) in [6.07, 6.45) is 0.880. The Bertz CT molecular complexity index is 1800. The van der Waals surface area contributed by atoms with Gasteiger partial charge in [-0.05, 0) is 50.2 Å². The van der Waals surface area contributed by atoms with E-state index in [0.717, 1.165) is 9.37 Å². The van der Waals surface area contributed by atoms with Gasteiger partial charge in [-0.2, -0.15) is 10.2 Å². The lowest BCUT2D eigenvalue weighted by atomic mass is 10.2. The first-order valence-electron chi connectivity index (χ1n) is 13.5. The van der Waals surface area contributed by atoms with Gasteiger partial charge >= 0.3 is 11.9 Å². The third kappa shape index (κ3) is 8.65. The minimum Gasteiger partial charge on any atom is -0.461 e. The van der Waals surface area contributed by atoms with Gasteiger partial charge in [0.15, 0.2) is 29.8 Å². The number of anilines is 2. The first-order valence-corrected chi connectivity index (χ1v) is 15.1. The number of esters is 2. The highest BCUT2D eigenvalue weighted by atomic mass is 79.9. The van der Waals surface area contributed by atoms with E-state index in [0.29, 0.717) is 28.4 Å². The fourth-order valence-corrected chi connectivity index (χ4v) is 4.89. The zero-order chi connectivity index (χ0) is 34.1. The van der Waals surface area contributed by atoms with Gasteiger partial charge in [-0.25, -0.2) is 23.9 Å². The highest BCUT2D eigenvalue weighted by molar-refractivity contribution is 9.10. The Balaban J connectivity index is 0.000000330. The molecule has 0 fully saturated rings. The van der Waals surface area contributed by atoms with Crippen LogP contribution in [0, 0.1) is 0 Å². The first-order chi connectivity index (χ1) is 21.9. The molecule has 0 atom stereocenters. The van der Waals surface area contributed by atoms with Gasteiger partial charge < -0.3 is 15.2 Å². The number of benzene rings is 2. The zero-order valence-electron chi connectivity index (χ0n) is 25.0. The Labute approximate surface area is 287 Å².